The molecule has 0 amide bonds. The zero-order chi connectivity index (χ0) is 40.7. The van der Waals surface area contributed by atoms with Crippen LogP contribution in [0.3, 0.4) is 0 Å². The highest BCUT2D eigenvalue weighted by molar-refractivity contribution is 6.25. The van der Waals surface area contributed by atoms with Gasteiger partial charge >= 0.3 is 0 Å². The number of rotatable bonds is 5. The molecular formula is C57H35N5. The Hall–Kier alpha value is -8.41. The Balaban J connectivity index is 1.00. The lowest BCUT2D eigenvalue weighted by atomic mass is 9.94. The van der Waals surface area contributed by atoms with E-state index in [1.165, 1.54) is 54.1 Å². The lowest BCUT2D eigenvalue weighted by Gasteiger charge is -2.14. The van der Waals surface area contributed by atoms with Gasteiger partial charge in [-0.05, 0) is 85.9 Å². The molecule has 0 unspecified atom stereocenters. The van der Waals surface area contributed by atoms with Crippen molar-refractivity contribution in [1.29, 1.82) is 0 Å². The van der Waals surface area contributed by atoms with Crippen molar-refractivity contribution < 1.29 is 0 Å². The van der Waals surface area contributed by atoms with Crippen molar-refractivity contribution in [2.24, 2.45) is 0 Å². The Morgan fingerprint density at radius 3 is 1.31 bits per heavy atom. The minimum atomic E-state index is 0.579. The first kappa shape index (κ1) is 34.5. The molecule has 10 aromatic carbocycles. The number of aromatic nitrogens is 5. The summed E-state index contributed by atoms with van der Waals surface area (Å²) in [5, 5.41) is 12.3. The van der Waals surface area contributed by atoms with Gasteiger partial charge in [-0.2, -0.15) is 9.97 Å². The van der Waals surface area contributed by atoms with Crippen LogP contribution in [0.15, 0.2) is 212 Å². The van der Waals surface area contributed by atoms with Gasteiger partial charge in [0, 0.05) is 38.4 Å². The Labute approximate surface area is 356 Å². The van der Waals surface area contributed by atoms with E-state index in [2.05, 4.69) is 185 Å². The summed E-state index contributed by atoms with van der Waals surface area (Å²) < 4.78 is 4.63. The first-order valence-corrected chi connectivity index (χ1v) is 21.0. The van der Waals surface area contributed by atoms with Gasteiger partial charge in [-0.3, -0.25) is 4.57 Å². The molecule has 3 heterocycles. The van der Waals surface area contributed by atoms with E-state index >= 15 is 0 Å². The molecule has 0 aliphatic carbocycles. The number of fused-ring (bicyclic) bond motifs is 12. The molecule has 0 radical (unpaired) electrons. The number of nitrogens with zero attached hydrogens (tertiary/aromatic N) is 5. The summed E-state index contributed by atoms with van der Waals surface area (Å²) in [4.78, 5) is 15.3. The fourth-order valence-electron chi connectivity index (χ4n) is 9.73. The number of para-hydroxylation sites is 2. The molecule has 5 heteroatoms. The van der Waals surface area contributed by atoms with Crippen LogP contribution in [0.2, 0.25) is 0 Å². The second-order valence-corrected chi connectivity index (χ2v) is 16.0. The van der Waals surface area contributed by atoms with E-state index in [-0.39, 0.29) is 0 Å². The van der Waals surface area contributed by atoms with E-state index in [0.717, 1.165) is 49.7 Å². The normalized spacial score (nSPS) is 11.9. The maximum atomic E-state index is 5.17. The van der Waals surface area contributed by atoms with Crippen LogP contribution in [0.4, 0.5) is 0 Å². The summed E-state index contributed by atoms with van der Waals surface area (Å²) in [5.74, 6) is 1.84. The lowest BCUT2D eigenvalue weighted by Crippen LogP contribution is -2.06. The number of hydrogen-bond acceptors (Lipinski definition) is 3. The fourth-order valence-corrected chi connectivity index (χ4v) is 9.73. The molecule has 0 saturated heterocycles. The van der Waals surface area contributed by atoms with Gasteiger partial charge in [-0.1, -0.05) is 170 Å². The van der Waals surface area contributed by atoms with E-state index in [0.29, 0.717) is 17.6 Å². The molecule has 0 fully saturated rings. The maximum Gasteiger partial charge on any atom is 0.238 e. The molecule has 0 bridgehead atoms. The molecule has 5 nitrogen and oxygen atoms in total. The molecule has 0 saturated carbocycles. The first-order valence-electron chi connectivity index (χ1n) is 21.0. The van der Waals surface area contributed by atoms with Crippen molar-refractivity contribution in [2.45, 2.75) is 0 Å². The topological polar surface area (TPSA) is 48.5 Å². The molecule has 13 rings (SSSR count). The summed E-state index contributed by atoms with van der Waals surface area (Å²) >= 11 is 0. The highest BCUT2D eigenvalue weighted by Crippen LogP contribution is 2.41. The maximum absolute atomic E-state index is 5.17. The molecule has 13 aromatic rings. The highest BCUT2D eigenvalue weighted by Gasteiger charge is 2.20. The molecule has 62 heavy (non-hydrogen) atoms. The average Bonchev–Trinajstić information content (AvgIpc) is 3.86. The third kappa shape index (κ3) is 5.25. The van der Waals surface area contributed by atoms with Gasteiger partial charge in [-0.15, -0.1) is 0 Å². The van der Waals surface area contributed by atoms with Crippen molar-refractivity contribution in [3.8, 4) is 45.5 Å². The highest BCUT2D eigenvalue weighted by atomic mass is 15.2. The van der Waals surface area contributed by atoms with Gasteiger partial charge in [-0.25, -0.2) is 4.98 Å². The van der Waals surface area contributed by atoms with E-state index in [4.69, 9.17) is 15.0 Å². The van der Waals surface area contributed by atoms with Gasteiger partial charge in [0.25, 0.3) is 0 Å². The predicted octanol–water partition coefficient (Wildman–Crippen LogP) is 14.5. The SMILES string of the molecule is c1ccc(-c2nc(-c3ccccc3)nc(-n3c4ccccc4c4ccc(-c5ccc6c(c5)c5ccccc5n6-c5ccc6c7ccccc7c7ccccc7c6c5)cc43)n2)cc1. The number of benzene rings is 10. The van der Waals surface area contributed by atoms with Crippen LogP contribution in [-0.2, 0) is 0 Å². The van der Waals surface area contributed by atoms with Crippen LogP contribution >= 0.6 is 0 Å². The molecule has 0 N–H and O–H groups in total. The second kappa shape index (κ2) is 13.6. The standard InChI is InChI=1S/C57H35N5/c1-3-15-36(16-4-1)55-58-56(37-17-5-2-6-18-37)60-57(59-55)62-52-26-14-11-23-46(52)48-30-27-39(34-54(48)62)38-28-32-53-50(33-38)47-24-12-13-25-51(47)61(53)40-29-31-45-43-21-8-7-19-41(43)42-20-9-10-22-44(42)49(45)35-40/h1-35H. The quantitative estimate of drug-likeness (QED) is 0.163. The third-order valence-corrected chi connectivity index (χ3v) is 12.6. The second-order valence-electron chi connectivity index (χ2n) is 16.0. The summed E-state index contributed by atoms with van der Waals surface area (Å²) in [7, 11) is 0. The molecule has 3 aromatic heterocycles. The van der Waals surface area contributed by atoms with Crippen LogP contribution < -0.4 is 0 Å². The van der Waals surface area contributed by atoms with Crippen LogP contribution in [0.25, 0.3) is 121 Å². The number of hydrogen-bond donors (Lipinski definition) is 0. The summed E-state index contributed by atoms with van der Waals surface area (Å²) in [6.07, 6.45) is 0. The average molecular weight is 790 g/mol. The van der Waals surface area contributed by atoms with Gasteiger partial charge < -0.3 is 4.57 Å². The summed E-state index contributed by atoms with van der Waals surface area (Å²) in [5.41, 5.74) is 9.70. The summed E-state index contributed by atoms with van der Waals surface area (Å²) in [6, 6.07) is 75.8. The molecule has 0 aliphatic heterocycles. The van der Waals surface area contributed by atoms with Crippen molar-refractivity contribution in [2.75, 3.05) is 0 Å². The van der Waals surface area contributed by atoms with Crippen molar-refractivity contribution in [3.05, 3.63) is 212 Å². The Bertz CT molecular complexity index is 3830. The van der Waals surface area contributed by atoms with Crippen molar-refractivity contribution in [1.82, 2.24) is 24.1 Å². The van der Waals surface area contributed by atoms with Crippen LogP contribution in [0.5, 0.6) is 0 Å². The largest absolute Gasteiger partial charge is 0.309 e. The monoisotopic (exact) mass is 789 g/mol. The van der Waals surface area contributed by atoms with E-state index in [9.17, 15) is 0 Å². The fraction of sp³-hybridized carbons (Fsp3) is 0. The zero-order valence-electron chi connectivity index (χ0n) is 33.4. The van der Waals surface area contributed by atoms with Gasteiger partial charge in [0.2, 0.25) is 5.95 Å². The molecule has 288 valence electrons. The zero-order valence-corrected chi connectivity index (χ0v) is 33.4. The van der Waals surface area contributed by atoms with Crippen LogP contribution in [-0.4, -0.2) is 24.1 Å². The minimum absolute atomic E-state index is 0.579. The first-order chi connectivity index (χ1) is 30.7. The van der Waals surface area contributed by atoms with E-state index in [1.54, 1.807) is 0 Å². The van der Waals surface area contributed by atoms with Gasteiger partial charge in [0.1, 0.15) is 0 Å². The molecule has 0 atom stereocenters. The van der Waals surface area contributed by atoms with E-state index in [1.807, 2.05) is 36.4 Å². The Kier molecular flexibility index (Phi) is 7.54. The van der Waals surface area contributed by atoms with Crippen molar-refractivity contribution >= 4 is 75.9 Å². The van der Waals surface area contributed by atoms with Gasteiger partial charge in [0.05, 0.1) is 22.1 Å². The molecule has 0 spiro atoms. The van der Waals surface area contributed by atoms with Crippen molar-refractivity contribution in [3.63, 3.8) is 0 Å². The smallest absolute Gasteiger partial charge is 0.238 e. The molecule has 0 aliphatic rings. The Morgan fingerprint density at radius 1 is 0.242 bits per heavy atom. The predicted molar refractivity (Wildman–Crippen MR) is 257 cm³/mol. The third-order valence-electron chi connectivity index (χ3n) is 12.6. The molecular weight excluding hydrogens is 755 g/mol. The minimum Gasteiger partial charge on any atom is -0.309 e. The summed E-state index contributed by atoms with van der Waals surface area (Å²) in [6.45, 7) is 0. The van der Waals surface area contributed by atoms with Gasteiger partial charge in [0.15, 0.2) is 11.6 Å². The van der Waals surface area contributed by atoms with Crippen LogP contribution in [0.1, 0.15) is 0 Å². The van der Waals surface area contributed by atoms with Crippen LogP contribution in [0, 0.1) is 0 Å². The lowest BCUT2D eigenvalue weighted by molar-refractivity contribution is 0.953. The van der Waals surface area contributed by atoms with E-state index < -0.39 is 0 Å². The Morgan fingerprint density at radius 2 is 0.677 bits per heavy atom.